The molecule has 2 aromatic rings. The summed E-state index contributed by atoms with van der Waals surface area (Å²) in [5, 5.41) is 9.57. The average Bonchev–Trinajstić information content (AvgIpc) is 2.61. The third-order valence-corrected chi connectivity index (χ3v) is 5.70. The van der Waals surface area contributed by atoms with E-state index < -0.39 is 16.0 Å². The Kier molecular flexibility index (Phi) is 5.38. The Bertz CT molecular complexity index is 946. The number of aryl methyl sites for hydroxylation is 2. The number of hydrogen-bond acceptors (Lipinski definition) is 5. The molecule has 0 bridgehead atoms. The number of nitrogens with one attached hydrogen (secondary N) is 1. The van der Waals surface area contributed by atoms with Gasteiger partial charge in [-0.05, 0) is 55.3 Å². The molecule has 2 aromatic carbocycles. The number of hydrogen-bond donors (Lipinski definition) is 2. The molecule has 1 heterocycles. The first-order valence-electron chi connectivity index (χ1n) is 8.57. The highest BCUT2D eigenvalue weighted by atomic mass is 32.2. The van der Waals surface area contributed by atoms with Gasteiger partial charge in [0.2, 0.25) is 0 Å². The van der Waals surface area contributed by atoms with Gasteiger partial charge in [-0.2, -0.15) is 0 Å². The van der Waals surface area contributed by atoms with Gasteiger partial charge in [0, 0.05) is 18.8 Å². The van der Waals surface area contributed by atoms with Gasteiger partial charge in [-0.25, -0.2) is 13.2 Å². The fourth-order valence-corrected chi connectivity index (χ4v) is 4.39. The maximum absolute atomic E-state index is 12.7. The Morgan fingerprint density at radius 3 is 2.30 bits per heavy atom. The first-order chi connectivity index (χ1) is 12.8. The molecule has 1 saturated heterocycles. The molecular formula is C19H22N2O5S. The lowest BCUT2D eigenvalue weighted by Gasteiger charge is -2.30. The summed E-state index contributed by atoms with van der Waals surface area (Å²) in [5.74, 6) is -1.11. The van der Waals surface area contributed by atoms with Crippen LogP contribution in [0.2, 0.25) is 0 Å². The molecular weight excluding hydrogens is 368 g/mol. The van der Waals surface area contributed by atoms with Crippen molar-refractivity contribution in [2.75, 3.05) is 35.9 Å². The summed E-state index contributed by atoms with van der Waals surface area (Å²) in [6, 6.07) is 9.61. The molecule has 1 aliphatic heterocycles. The molecule has 0 aliphatic carbocycles. The van der Waals surface area contributed by atoms with Crippen LogP contribution in [0.5, 0.6) is 0 Å². The fraction of sp³-hybridized carbons (Fsp3) is 0.316. The molecule has 0 unspecified atom stereocenters. The molecule has 0 radical (unpaired) electrons. The molecule has 7 nitrogen and oxygen atoms in total. The molecule has 0 aromatic heterocycles. The van der Waals surface area contributed by atoms with Crippen LogP contribution in [0.4, 0.5) is 11.4 Å². The molecule has 0 spiro atoms. The SMILES string of the molecule is Cc1cc(C)cc(S(=O)(=O)Nc2ccc(N3CCOCC3)c(C(=O)O)c2)c1. The third kappa shape index (κ3) is 4.40. The maximum atomic E-state index is 12.7. The lowest BCUT2D eigenvalue weighted by atomic mass is 10.1. The van der Waals surface area contributed by atoms with Crippen molar-refractivity contribution < 1.29 is 23.1 Å². The molecule has 144 valence electrons. The van der Waals surface area contributed by atoms with Crippen LogP contribution >= 0.6 is 0 Å². The summed E-state index contributed by atoms with van der Waals surface area (Å²) < 4.78 is 33.2. The molecule has 1 aliphatic rings. The molecule has 27 heavy (non-hydrogen) atoms. The summed E-state index contributed by atoms with van der Waals surface area (Å²) in [7, 11) is -3.82. The number of carbonyl (C=O) groups is 1. The Balaban J connectivity index is 1.92. The second-order valence-electron chi connectivity index (χ2n) is 6.57. The van der Waals surface area contributed by atoms with E-state index in [1.807, 2.05) is 24.8 Å². The van der Waals surface area contributed by atoms with Crippen LogP contribution in [0.25, 0.3) is 0 Å². The average molecular weight is 390 g/mol. The van der Waals surface area contributed by atoms with Crippen LogP contribution in [-0.2, 0) is 14.8 Å². The molecule has 0 atom stereocenters. The topological polar surface area (TPSA) is 95.9 Å². The minimum absolute atomic E-state index is 0.0533. The zero-order valence-electron chi connectivity index (χ0n) is 15.2. The standard InChI is InChI=1S/C19H22N2O5S/c1-13-9-14(2)11-16(10-13)27(24,25)20-15-3-4-18(17(12-15)19(22)23)21-5-7-26-8-6-21/h3-4,9-12,20H,5-8H2,1-2H3,(H,22,23). The van der Waals surface area contributed by atoms with Gasteiger partial charge in [0.25, 0.3) is 10.0 Å². The van der Waals surface area contributed by atoms with E-state index in [4.69, 9.17) is 4.74 Å². The van der Waals surface area contributed by atoms with Crippen LogP contribution in [-0.4, -0.2) is 45.8 Å². The number of anilines is 2. The van der Waals surface area contributed by atoms with Crippen molar-refractivity contribution in [1.82, 2.24) is 0 Å². The van der Waals surface area contributed by atoms with Gasteiger partial charge in [-0.3, -0.25) is 4.72 Å². The zero-order valence-corrected chi connectivity index (χ0v) is 16.0. The van der Waals surface area contributed by atoms with Crippen LogP contribution in [0.3, 0.4) is 0 Å². The number of rotatable bonds is 5. The van der Waals surface area contributed by atoms with Gasteiger partial charge in [-0.1, -0.05) is 6.07 Å². The summed E-state index contributed by atoms with van der Waals surface area (Å²) in [4.78, 5) is 13.8. The minimum atomic E-state index is -3.82. The molecule has 0 amide bonds. The highest BCUT2D eigenvalue weighted by Gasteiger charge is 2.21. The number of sulfonamides is 1. The lowest BCUT2D eigenvalue weighted by molar-refractivity contribution is 0.0696. The third-order valence-electron chi connectivity index (χ3n) is 4.34. The van der Waals surface area contributed by atoms with Crippen molar-refractivity contribution in [2.45, 2.75) is 18.7 Å². The first kappa shape index (κ1) is 19.2. The van der Waals surface area contributed by atoms with Gasteiger partial charge < -0.3 is 14.7 Å². The fourth-order valence-electron chi connectivity index (χ4n) is 3.15. The van der Waals surface area contributed by atoms with E-state index in [1.165, 1.54) is 6.07 Å². The summed E-state index contributed by atoms with van der Waals surface area (Å²) in [6.07, 6.45) is 0. The predicted molar refractivity (Wildman–Crippen MR) is 103 cm³/mol. The molecule has 3 rings (SSSR count). The second kappa shape index (κ2) is 7.58. The van der Waals surface area contributed by atoms with Gasteiger partial charge in [0.05, 0.1) is 29.4 Å². The van der Waals surface area contributed by atoms with Gasteiger partial charge in [-0.15, -0.1) is 0 Å². The van der Waals surface area contributed by atoms with E-state index in [9.17, 15) is 18.3 Å². The Hall–Kier alpha value is -2.58. The van der Waals surface area contributed by atoms with E-state index in [-0.39, 0.29) is 16.1 Å². The van der Waals surface area contributed by atoms with Gasteiger partial charge >= 0.3 is 5.97 Å². The van der Waals surface area contributed by atoms with Gasteiger partial charge in [0.15, 0.2) is 0 Å². The Morgan fingerprint density at radius 2 is 1.70 bits per heavy atom. The van der Waals surface area contributed by atoms with Crippen molar-refractivity contribution in [3.05, 3.63) is 53.1 Å². The summed E-state index contributed by atoms with van der Waals surface area (Å²) in [5.41, 5.74) is 2.50. The van der Waals surface area contributed by atoms with Crippen molar-refractivity contribution in [2.24, 2.45) is 0 Å². The lowest BCUT2D eigenvalue weighted by Crippen LogP contribution is -2.37. The van der Waals surface area contributed by atoms with Gasteiger partial charge in [0.1, 0.15) is 0 Å². The monoisotopic (exact) mass is 390 g/mol. The number of benzene rings is 2. The Morgan fingerprint density at radius 1 is 1.07 bits per heavy atom. The number of nitrogens with zero attached hydrogens (tertiary/aromatic N) is 1. The predicted octanol–water partition coefficient (Wildman–Crippen LogP) is 2.64. The smallest absolute Gasteiger partial charge is 0.337 e. The number of aromatic carboxylic acids is 1. The van der Waals surface area contributed by atoms with E-state index in [1.54, 1.807) is 24.3 Å². The van der Waals surface area contributed by atoms with Crippen LogP contribution in [0, 0.1) is 13.8 Å². The normalized spacial score (nSPS) is 14.8. The highest BCUT2D eigenvalue weighted by Crippen LogP contribution is 2.27. The summed E-state index contributed by atoms with van der Waals surface area (Å²) in [6.45, 7) is 5.89. The van der Waals surface area contributed by atoms with Crippen molar-refractivity contribution in [3.8, 4) is 0 Å². The van der Waals surface area contributed by atoms with E-state index in [0.29, 0.717) is 32.0 Å². The van der Waals surface area contributed by atoms with Crippen molar-refractivity contribution in [3.63, 3.8) is 0 Å². The largest absolute Gasteiger partial charge is 0.478 e. The number of morpholine rings is 1. The molecule has 8 heteroatoms. The van der Waals surface area contributed by atoms with Crippen molar-refractivity contribution >= 4 is 27.4 Å². The molecule has 1 fully saturated rings. The van der Waals surface area contributed by atoms with E-state index in [0.717, 1.165) is 11.1 Å². The number of ether oxygens (including phenoxy) is 1. The van der Waals surface area contributed by atoms with Crippen molar-refractivity contribution in [1.29, 1.82) is 0 Å². The van der Waals surface area contributed by atoms with Crippen LogP contribution in [0.15, 0.2) is 41.3 Å². The molecule has 0 saturated carbocycles. The number of carboxylic acid groups (broad SMARTS) is 1. The molecule has 2 N–H and O–H groups in total. The maximum Gasteiger partial charge on any atom is 0.337 e. The van der Waals surface area contributed by atoms with E-state index in [2.05, 4.69) is 4.72 Å². The van der Waals surface area contributed by atoms with Crippen LogP contribution < -0.4 is 9.62 Å². The zero-order chi connectivity index (χ0) is 19.6. The minimum Gasteiger partial charge on any atom is -0.478 e. The second-order valence-corrected chi connectivity index (χ2v) is 8.25. The number of carboxylic acids is 1. The van der Waals surface area contributed by atoms with Crippen LogP contribution in [0.1, 0.15) is 21.5 Å². The summed E-state index contributed by atoms with van der Waals surface area (Å²) >= 11 is 0. The quantitative estimate of drug-likeness (QED) is 0.815. The van der Waals surface area contributed by atoms with E-state index >= 15 is 0 Å². The highest BCUT2D eigenvalue weighted by molar-refractivity contribution is 7.92. The Labute approximate surface area is 158 Å². The first-order valence-corrected chi connectivity index (χ1v) is 10.1.